The van der Waals surface area contributed by atoms with Gasteiger partial charge < -0.3 is 10.1 Å². The first-order valence-corrected chi connectivity index (χ1v) is 7.89. The van der Waals surface area contributed by atoms with Gasteiger partial charge in [0.15, 0.2) is 4.34 Å². The molecule has 11 heteroatoms. The SMILES string of the molecule is CNC(=O)CSc1nnc(NC(=O)c2cn(C)nc2OC)s1. The summed E-state index contributed by atoms with van der Waals surface area (Å²) >= 11 is 2.44. The van der Waals surface area contributed by atoms with E-state index in [2.05, 4.69) is 25.9 Å². The summed E-state index contributed by atoms with van der Waals surface area (Å²) in [4.78, 5) is 23.3. The van der Waals surface area contributed by atoms with Crippen LogP contribution in [0.3, 0.4) is 0 Å². The Morgan fingerprint density at radius 3 is 2.91 bits per heavy atom. The third kappa shape index (κ3) is 3.95. The molecule has 0 fully saturated rings. The van der Waals surface area contributed by atoms with Gasteiger partial charge in [-0.15, -0.1) is 15.3 Å². The van der Waals surface area contributed by atoms with E-state index in [9.17, 15) is 9.59 Å². The van der Waals surface area contributed by atoms with Crippen LogP contribution in [-0.4, -0.2) is 51.7 Å². The van der Waals surface area contributed by atoms with Crippen LogP contribution in [0.25, 0.3) is 0 Å². The van der Waals surface area contributed by atoms with Crippen molar-refractivity contribution in [1.82, 2.24) is 25.3 Å². The number of anilines is 1. The number of hydrogen-bond donors (Lipinski definition) is 2. The Labute approximate surface area is 134 Å². The Hall–Kier alpha value is -2.14. The van der Waals surface area contributed by atoms with Gasteiger partial charge in [0.25, 0.3) is 5.91 Å². The Morgan fingerprint density at radius 2 is 2.23 bits per heavy atom. The molecule has 2 N–H and O–H groups in total. The second-order valence-corrected chi connectivity index (χ2v) is 6.21. The highest BCUT2D eigenvalue weighted by Crippen LogP contribution is 2.26. The first-order valence-electron chi connectivity index (χ1n) is 6.09. The van der Waals surface area contributed by atoms with Gasteiger partial charge in [0.1, 0.15) is 5.56 Å². The van der Waals surface area contributed by atoms with E-state index in [0.717, 1.165) is 0 Å². The lowest BCUT2D eigenvalue weighted by molar-refractivity contribution is -0.118. The molecule has 0 spiro atoms. The van der Waals surface area contributed by atoms with Crippen LogP contribution in [0.5, 0.6) is 5.88 Å². The van der Waals surface area contributed by atoms with Gasteiger partial charge in [-0.3, -0.25) is 19.6 Å². The van der Waals surface area contributed by atoms with Crippen molar-refractivity contribution in [2.75, 3.05) is 25.2 Å². The highest BCUT2D eigenvalue weighted by Gasteiger charge is 2.18. The molecule has 0 aliphatic rings. The molecule has 0 aromatic carbocycles. The van der Waals surface area contributed by atoms with Gasteiger partial charge in [-0.05, 0) is 0 Å². The Kier molecular flexibility index (Phi) is 5.33. The molecular weight excluding hydrogens is 328 g/mol. The van der Waals surface area contributed by atoms with Gasteiger partial charge >= 0.3 is 0 Å². The number of nitrogens with one attached hydrogen (secondary N) is 2. The van der Waals surface area contributed by atoms with Gasteiger partial charge in [0.05, 0.1) is 12.9 Å². The highest BCUT2D eigenvalue weighted by atomic mass is 32.2. The number of ether oxygens (including phenoxy) is 1. The molecule has 0 atom stereocenters. The number of rotatable bonds is 6. The largest absolute Gasteiger partial charge is 0.479 e. The monoisotopic (exact) mass is 342 g/mol. The van der Waals surface area contributed by atoms with E-state index in [1.807, 2.05) is 0 Å². The molecule has 0 saturated heterocycles. The molecule has 9 nitrogen and oxygen atoms in total. The van der Waals surface area contributed by atoms with Crippen LogP contribution in [0, 0.1) is 0 Å². The number of carbonyl (C=O) groups is 2. The molecule has 2 rings (SSSR count). The Bertz CT molecular complexity index is 683. The number of amides is 2. The summed E-state index contributed by atoms with van der Waals surface area (Å²) in [7, 11) is 4.70. The molecule has 0 radical (unpaired) electrons. The molecule has 0 saturated carbocycles. The third-order valence-electron chi connectivity index (χ3n) is 2.47. The molecule has 2 aromatic rings. The fourth-order valence-electron chi connectivity index (χ4n) is 1.46. The molecular formula is C11H14N6O3S2. The summed E-state index contributed by atoms with van der Waals surface area (Å²) in [5, 5.41) is 17.3. The van der Waals surface area contributed by atoms with Crippen LogP contribution in [-0.2, 0) is 11.8 Å². The molecule has 22 heavy (non-hydrogen) atoms. The van der Waals surface area contributed by atoms with Crippen LogP contribution in [0.2, 0.25) is 0 Å². The molecule has 0 bridgehead atoms. The lowest BCUT2D eigenvalue weighted by Gasteiger charge is -2.00. The van der Waals surface area contributed by atoms with Crippen molar-refractivity contribution in [2.24, 2.45) is 7.05 Å². The van der Waals surface area contributed by atoms with Crippen molar-refractivity contribution in [3.8, 4) is 5.88 Å². The standard InChI is InChI=1S/C11H14N6O3S2/c1-12-7(18)5-21-11-15-14-10(22-11)13-8(19)6-4-17(2)16-9(6)20-3/h4H,5H2,1-3H3,(H,12,18)(H,13,14,19). The number of aryl methyl sites for hydroxylation is 1. The second kappa shape index (κ2) is 7.22. The van der Waals surface area contributed by atoms with Crippen LogP contribution in [0.1, 0.15) is 10.4 Å². The average Bonchev–Trinajstić information content (AvgIpc) is 3.10. The third-order valence-corrected chi connectivity index (χ3v) is 4.44. The number of aromatic nitrogens is 4. The number of hydrogen-bond acceptors (Lipinski definition) is 8. The predicted octanol–water partition coefficient (Wildman–Crippen LogP) is 0.371. The predicted molar refractivity (Wildman–Crippen MR) is 82.4 cm³/mol. The van der Waals surface area contributed by atoms with Crippen molar-refractivity contribution < 1.29 is 14.3 Å². The smallest absolute Gasteiger partial charge is 0.264 e. The van der Waals surface area contributed by atoms with Gasteiger partial charge in [-0.25, -0.2) is 0 Å². The quantitative estimate of drug-likeness (QED) is 0.576. The van der Waals surface area contributed by atoms with Crippen molar-refractivity contribution in [3.63, 3.8) is 0 Å². The van der Waals surface area contributed by atoms with E-state index in [1.165, 1.54) is 34.9 Å². The topological polar surface area (TPSA) is 111 Å². The summed E-state index contributed by atoms with van der Waals surface area (Å²) in [5.41, 5.74) is 0.305. The van der Waals surface area contributed by atoms with E-state index in [4.69, 9.17) is 4.74 Å². The Balaban J connectivity index is 2.00. The zero-order valence-corrected chi connectivity index (χ0v) is 13.7. The minimum atomic E-state index is -0.385. The van der Waals surface area contributed by atoms with Gasteiger partial charge in [0.2, 0.25) is 16.9 Å². The summed E-state index contributed by atoms with van der Waals surface area (Å²) in [6, 6.07) is 0. The van der Waals surface area contributed by atoms with Crippen molar-refractivity contribution in [3.05, 3.63) is 11.8 Å². The second-order valence-electron chi connectivity index (χ2n) is 4.01. The molecule has 2 amide bonds. The lowest BCUT2D eigenvalue weighted by atomic mass is 10.3. The maximum Gasteiger partial charge on any atom is 0.264 e. The van der Waals surface area contributed by atoms with Gasteiger partial charge in [-0.2, -0.15) is 0 Å². The highest BCUT2D eigenvalue weighted by molar-refractivity contribution is 8.01. The normalized spacial score (nSPS) is 10.3. The molecule has 2 aromatic heterocycles. The summed E-state index contributed by atoms with van der Waals surface area (Å²) in [5.74, 6) is -0.0104. The first-order chi connectivity index (χ1) is 10.5. The number of thioether (sulfide) groups is 1. The summed E-state index contributed by atoms with van der Waals surface area (Å²) < 4.78 is 7.11. The minimum Gasteiger partial charge on any atom is -0.479 e. The zero-order valence-electron chi connectivity index (χ0n) is 12.1. The number of carbonyl (C=O) groups excluding carboxylic acids is 2. The average molecular weight is 342 g/mol. The van der Waals surface area contributed by atoms with E-state index in [0.29, 0.717) is 15.0 Å². The fraction of sp³-hybridized carbons (Fsp3) is 0.364. The van der Waals surface area contributed by atoms with Gasteiger partial charge in [-0.1, -0.05) is 23.1 Å². The summed E-state index contributed by atoms with van der Waals surface area (Å²) in [6.45, 7) is 0. The number of methoxy groups -OCH3 is 1. The molecule has 0 aliphatic heterocycles. The Morgan fingerprint density at radius 1 is 1.45 bits per heavy atom. The maximum atomic E-state index is 12.2. The van der Waals surface area contributed by atoms with Crippen LogP contribution >= 0.6 is 23.1 Å². The molecule has 2 heterocycles. The van der Waals surface area contributed by atoms with E-state index in [1.54, 1.807) is 20.3 Å². The van der Waals surface area contributed by atoms with Crippen molar-refractivity contribution in [2.45, 2.75) is 4.34 Å². The fourth-order valence-corrected chi connectivity index (χ4v) is 3.08. The van der Waals surface area contributed by atoms with Crippen LogP contribution in [0.15, 0.2) is 10.5 Å². The summed E-state index contributed by atoms with van der Waals surface area (Å²) in [6.07, 6.45) is 1.55. The van der Waals surface area contributed by atoms with Crippen molar-refractivity contribution >= 4 is 40.0 Å². The molecule has 0 unspecified atom stereocenters. The molecule has 0 aliphatic carbocycles. The minimum absolute atomic E-state index is 0.106. The first kappa shape index (κ1) is 16.2. The van der Waals surface area contributed by atoms with Crippen LogP contribution in [0.4, 0.5) is 5.13 Å². The van der Waals surface area contributed by atoms with Crippen LogP contribution < -0.4 is 15.4 Å². The zero-order chi connectivity index (χ0) is 16.1. The maximum absolute atomic E-state index is 12.2. The van der Waals surface area contributed by atoms with Crippen molar-refractivity contribution in [1.29, 1.82) is 0 Å². The lowest BCUT2D eigenvalue weighted by Crippen LogP contribution is -2.19. The van der Waals surface area contributed by atoms with E-state index >= 15 is 0 Å². The van der Waals surface area contributed by atoms with Gasteiger partial charge in [0, 0.05) is 20.3 Å². The van der Waals surface area contributed by atoms with E-state index < -0.39 is 0 Å². The number of nitrogens with zero attached hydrogens (tertiary/aromatic N) is 4. The molecule has 118 valence electrons. The van der Waals surface area contributed by atoms with E-state index in [-0.39, 0.29) is 23.4 Å².